The van der Waals surface area contributed by atoms with Crippen LogP contribution in [0.1, 0.15) is 16.8 Å². The van der Waals surface area contributed by atoms with Gasteiger partial charge < -0.3 is 20.9 Å². The van der Waals surface area contributed by atoms with Crippen LogP contribution in [0.15, 0.2) is 59.1 Å². The molecule has 4 N–H and O–H groups in total. The van der Waals surface area contributed by atoms with E-state index in [0.717, 1.165) is 16.9 Å². The number of anilines is 3. The van der Waals surface area contributed by atoms with Gasteiger partial charge in [-0.15, -0.1) is 0 Å². The molecule has 0 spiro atoms. The summed E-state index contributed by atoms with van der Waals surface area (Å²) in [6.45, 7) is 1.78. The highest BCUT2D eigenvalue weighted by Crippen LogP contribution is 2.46. The van der Waals surface area contributed by atoms with E-state index in [-0.39, 0.29) is 11.8 Å². The lowest BCUT2D eigenvalue weighted by Gasteiger charge is -2.29. The summed E-state index contributed by atoms with van der Waals surface area (Å²) in [5, 5.41) is 10.2. The summed E-state index contributed by atoms with van der Waals surface area (Å²) in [6, 6.07) is 17.0. The molecule has 0 saturated carbocycles. The maximum Gasteiger partial charge on any atom is 0.259 e. The summed E-state index contributed by atoms with van der Waals surface area (Å²) < 4.78 is 5.14. The second-order valence-electron chi connectivity index (χ2n) is 5.75. The fourth-order valence-electron chi connectivity index (χ4n) is 3.27. The second kappa shape index (κ2) is 5.13. The predicted octanol–water partition coefficient (Wildman–Crippen LogP) is 2.87. The SMILES string of the molecule is Cc1noc(N)c1C1(Nc2ccccc2)C(=O)Nc2ccccc21. The lowest BCUT2D eigenvalue weighted by molar-refractivity contribution is -0.118. The number of para-hydroxylation sites is 2. The third kappa shape index (κ3) is 1.89. The van der Waals surface area contributed by atoms with E-state index in [1.807, 2.05) is 54.6 Å². The number of nitrogens with zero attached hydrogens (tertiary/aromatic N) is 1. The maximum absolute atomic E-state index is 13.1. The Balaban J connectivity index is 1.99. The summed E-state index contributed by atoms with van der Waals surface area (Å²) in [5.41, 5.74) is 8.28. The third-order valence-corrected chi connectivity index (χ3v) is 4.29. The largest absolute Gasteiger partial charge is 0.367 e. The van der Waals surface area contributed by atoms with E-state index in [1.54, 1.807) is 6.92 Å². The van der Waals surface area contributed by atoms with Crippen molar-refractivity contribution in [3.05, 3.63) is 71.4 Å². The Morgan fingerprint density at radius 2 is 1.83 bits per heavy atom. The number of rotatable bonds is 3. The summed E-state index contributed by atoms with van der Waals surface area (Å²) in [7, 11) is 0. The van der Waals surface area contributed by atoms with Gasteiger partial charge in [0.15, 0.2) is 5.54 Å². The molecule has 2 heterocycles. The first kappa shape index (κ1) is 14.3. The molecule has 1 aliphatic heterocycles. The molecule has 1 aromatic heterocycles. The lowest BCUT2D eigenvalue weighted by Crippen LogP contribution is -2.44. The number of carbonyl (C=O) groups is 1. The van der Waals surface area contributed by atoms with Gasteiger partial charge in [-0.1, -0.05) is 41.6 Å². The fraction of sp³-hybridized carbons (Fsp3) is 0.111. The van der Waals surface area contributed by atoms with Gasteiger partial charge in [-0.25, -0.2) is 0 Å². The van der Waals surface area contributed by atoms with Crippen molar-refractivity contribution in [3.63, 3.8) is 0 Å². The molecule has 6 heteroatoms. The van der Waals surface area contributed by atoms with Crippen LogP contribution in [-0.2, 0) is 10.3 Å². The molecule has 1 amide bonds. The van der Waals surface area contributed by atoms with Gasteiger partial charge in [0.1, 0.15) is 0 Å². The number of nitrogens with two attached hydrogens (primary N) is 1. The first-order valence-electron chi connectivity index (χ1n) is 7.59. The van der Waals surface area contributed by atoms with Gasteiger partial charge in [-0.05, 0) is 25.1 Å². The van der Waals surface area contributed by atoms with Crippen LogP contribution in [0.2, 0.25) is 0 Å². The van der Waals surface area contributed by atoms with Gasteiger partial charge in [-0.3, -0.25) is 4.79 Å². The Morgan fingerprint density at radius 3 is 2.54 bits per heavy atom. The molecule has 3 aromatic rings. The average Bonchev–Trinajstić information content (AvgIpc) is 3.06. The zero-order valence-corrected chi connectivity index (χ0v) is 13.0. The van der Waals surface area contributed by atoms with Crippen molar-refractivity contribution in [3.8, 4) is 0 Å². The molecule has 2 aromatic carbocycles. The van der Waals surface area contributed by atoms with E-state index in [9.17, 15) is 4.79 Å². The summed E-state index contributed by atoms with van der Waals surface area (Å²) in [5.74, 6) is -0.0895. The number of fused-ring (bicyclic) bond motifs is 1. The van der Waals surface area contributed by atoms with E-state index in [2.05, 4.69) is 15.8 Å². The van der Waals surface area contributed by atoms with Crippen molar-refractivity contribution in [2.75, 3.05) is 16.4 Å². The van der Waals surface area contributed by atoms with Crippen LogP contribution in [0.4, 0.5) is 17.3 Å². The first-order valence-corrected chi connectivity index (χ1v) is 7.59. The highest BCUT2D eigenvalue weighted by molar-refractivity contribution is 6.11. The average molecular weight is 320 g/mol. The van der Waals surface area contributed by atoms with Crippen molar-refractivity contribution >= 4 is 23.2 Å². The van der Waals surface area contributed by atoms with Crippen LogP contribution in [0.3, 0.4) is 0 Å². The van der Waals surface area contributed by atoms with Gasteiger partial charge in [0.05, 0.1) is 11.3 Å². The topological polar surface area (TPSA) is 93.2 Å². The number of aryl methyl sites for hydroxylation is 1. The van der Waals surface area contributed by atoms with Gasteiger partial charge in [-0.2, -0.15) is 0 Å². The normalized spacial score (nSPS) is 19.0. The molecule has 0 fully saturated rings. The minimum Gasteiger partial charge on any atom is -0.367 e. The minimum atomic E-state index is -1.19. The Labute approximate surface area is 138 Å². The van der Waals surface area contributed by atoms with E-state index in [1.165, 1.54) is 0 Å². The number of amides is 1. The molecule has 120 valence electrons. The highest BCUT2D eigenvalue weighted by Gasteiger charge is 2.52. The third-order valence-electron chi connectivity index (χ3n) is 4.29. The standard InChI is InChI=1S/C18H16N4O2/c1-11-15(16(19)24-22-11)18(21-12-7-3-2-4-8-12)13-9-5-6-10-14(13)20-17(18)23/h2-10,21H,19H2,1H3,(H,20,23). The van der Waals surface area contributed by atoms with Crippen LogP contribution in [0, 0.1) is 6.92 Å². The Kier molecular flexibility index (Phi) is 3.06. The van der Waals surface area contributed by atoms with E-state index in [0.29, 0.717) is 11.3 Å². The molecule has 1 atom stereocenters. The summed E-state index contributed by atoms with van der Waals surface area (Å²) >= 11 is 0. The van der Waals surface area contributed by atoms with E-state index in [4.69, 9.17) is 10.3 Å². The molecule has 6 nitrogen and oxygen atoms in total. The zero-order chi connectivity index (χ0) is 16.7. The zero-order valence-electron chi connectivity index (χ0n) is 13.0. The minimum absolute atomic E-state index is 0.128. The Hall–Kier alpha value is -3.28. The van der Waals surface area contributed by atoms with Crippen molar-refractivity contribution in [1.82, 2.24) is 5.16 Å². The molecule has 0 bridgehead atoms. The number of hydrogen-bond donors (Lipinski definition) is 3. The second-order valence-corrected chi connectivity index (χ2v) is 5.75. The quantitative estimate of drug-likeness (QED) is 0.690. The van der Waals surface area contributed by atoms with Crippen LogP contribution in [-0.4, -0.2) is 11.1 Å². The predicted molar refractivity (Wildman–Crippen MR) is 91.6 cm³/mol. The van der Waals surface area contributed by atoms with Gasteiger partial charge in [0.2, 0.25) is 5.88 Å². The molecule has 0 radical (unpaired) electrons. The van der Waals surface area contributed by atoms with Gasteiger partial charge in [0, 0.05) is 16.9 Å². The van der Waals surface area contributed by atoms with Gasteiger partial charge in [0.25, 0.3) is 5.91 Å². The van der Waals surface area contributed by atoms with E-state index < -0.39 is 5.54 Å². The van der Waals surface area contributed by atoms with Crippen LogP contribution >= 0.6 is 0 Å². The number of aromatic nitrogens is 1. The van der Waals surface area contributed by atoms with Crippen LogP contribution in [0.25, 0.3) is 0 Å². The summed E-state index contributed by atoms with van der Waals surface area (Å²) in [4.78, 5) is 13.1. The monoisotopic (exact) mass is 320 g/mol. The van der Waals surface area contributed by atoms with Crippen molar-refractivity contribution in [2.24, 2.45) is 0 Å². The molecule has 24 heavy (non-hydrogen) atoms. The molecule has 0 aliphatic carbocycles. The number of hydrogen-bond acceptors (Lipinski definition) is 5. The Bertz CT molecular complexity index is 900. The van der Waals surface area contributed by atoms with Crippen molar-refractivity contribution in [1.29, 1.82) is 0 Å². The summed E-state index contributed by atoms with van der Waals surface area (Å²) in [6.07, 6.45) is 0. The molecule has 1 unspecified atom stereocenters. The lowest BCUT2D eigenvalue weighted by atomic mass is 9.83. The van der Waals surface area contributed by atoms with E-state index >= 15 is 0 Å². The first-order chi connectivity index (χ1) is 11.6. The van der Waals surface area contributed by atoms with Crippen molar-refractivity contribution < 1.29 is 9.32 Å². The van der Waals surface area contributed by atoms with Crippen LogP contribution in [0.5, 0.6) is 0 Å². The highest BCUT2D eigenvalue weighted by atomic mass is 16.5. The molecule has 0 saturated heterocycles. The van der Waals surface area contributed by atoms with Crippen LogP contribution < -0.4 is 16.4 Å². The van der Waals surface area contributed by atoms with Crippen molar-refractivity contribution in [2.45, 2.75) is 12.5 Å². The molecule has 1 aliphatic rings. The molecule has 4 rings (SSSR count). The smallest absolute Gasteiger partial charge is 0.259 e. The Morgan fingerprint density at radius 1 is 1.12 bits per heavy atom. The number of nitrogens with one attached hydrogen (secondary N) is 2. The number of carbonyl (C=O) groups excluding carboxylic acids is 1. The fourth-order valence-corrected chi connectivity index (χ4v) is 3.27. The maximum atomic E-state index is 13.1. The molecular formula is C18H16N4O2. The molecular weight excluding hydrogens is 304 g/mol. The number of benzene rings is 2. The van der Waals surface area contributed by atoms with Gasteiger partial charge >= 0.3 is 0 Å². The number of nitrogen functional groups attached to an aromatic ring is 1.